The van der Waals surface area contributed by atoms with Crippen molar-refractivity contribution in [3.8, 4) is 0 Å². The molecular formula is C6H5ClN2OS. The number of thiazole rings is 1. The Kier molecular flexibility index (Phi) is 3.23. The van der Waals surface area contributed by atoms with Gasteiger partial charge in [-0.05, 0) is 0 Å². The second kappa shape index (κ2) is 4.23. The lowest BCUT2D eigenvalue weighted by molar-refractivity contribution is 0.563. The molecule has 0 atom stereocenters. The number of rotatable bonds is 3. The highest BCUT2D eigenvalue weighted by Crippen LogP contribution is 2.17. The van der Waals surface area contributed by atoms with Crippen LogP contribution in [-0.4, -0.2) is 17.6 Å². The lowest BCUT2D eigenvalue weighted by Crippen LogP contribution is -1.83. The van der Waals surface area contributed by atoms with Crippen molar-refractivity contribution in [2.45, 2.75) is 6.42 Å². The van der Waals surface area contributed by atoms with Crippen molar-refractivity contribution in [1.29, 1.82) is 0 Å². The Hall–Kier alpha value is -0.700. The fourth-order valence-corrected chi connectivity index (χ4v) is 1.58. The fourth-order valence-electron chi connectivity index (χ4n) is 0.611. The topological polar surface area (TPSA) is 42.3 Å². The van der Waals surface area contributed by atoms with Crippen LogP contribution in [0.15, 0.2) is 11.2 Å². The third-order valence-electron chi connectivity index (χ3n) is 1.06. The maximum atomic E-state index is 9.67. The quantitative estimate of drug-likeness (QED) is 0.535. The standard InChI is InChI=1S/C6H5ClN2OS/c7-6-9-3-5(11-6)1-2-8-4-10/h3H,1-2H2. The molecule has 0 aromatic carbocycles. The Labute approximate surface area is 72.7 Å². The van der Waals surface area contributed by atoms with Gasteiger partial charge in [-0.2, -0.15) is 0 Å². The van der Waals surface area contributed by atoms with Gasteiger partial charge in [-0.1, -0.05) is 11.6 Å². The number of hydrogen-bond donors (Lipinski definition) is 0. The van der Waals surface area contributed by atoms with E-state index in [1.807, 2.05) is 0 Å². The van der Waals surface area contributed by atoms with Crippen molar-refractivity contribution in [1.82, 2.24) is 4.98 Å². The Bertz CT molecular complexity index is 280. The minimum absolute atomic E-state index is 0.460. The van der Waals surface area contributed by atoms with Gasteiger partial charge in [-0.25, -0.2) is 14.8 Å². The van der Waals surface area contributed by atoms with Crippen molar-refractivity contribution in [2.24, 2.45) is 4.99 Å². The van der Waals surface area contributed by atoms with E-state index in [0.29, 0.717) is 17.4 Å². The summed E-state index contributed by atoms with van der Waals surface area (Å²) in [5, 5.41) is 0. The normalized spacial score (nSPS) is 9.18. The van der Waals surface area contributed by atoms with E-state index in [1.165, 1.54) is 17.4 Å². The first kappa shape index (κ1) is 8.40. The molecule has 0 spiro atoms. The summed E-state index contributed by atoms with van der Waals surface area (Å²) >= 11 is 6.98. The van der Waals surface area contributed by atoms with Gasteiger partial charge in [0.1, 0.15) is 0 Å². The molecule has 0 aliphatic heterocycles. The monoisotopic (exact) mass is 188 g/mol. The van der Waals surface area contributed by atoms with Crippen molar-refractivity contribution in [2.75, 3.05) is 6.54 Å². The third kappa shape index (κ3) is 2.80. The van der Waals surface area contributed by atoms with Gasteiger partial charge in [0.15, 0.2) is 4.47 Å². The zero-order valence-electron chi connectivity index (χ0n) is 5.58. The predicted molar refractivity (Wildman–Crippen MR) is 43.8 cm³/mol. The van der Waals surface area contributed by atoms with Crippen molar-refractivity contribution < 1.29 is 4.79 Å². The Balaban J connectivity index is 2.44. The van der Waals surface area contributed by atoms with Crippen LogP contribution in [0.25, 0.3) is 0 Å². The molecule has 1 aromatic rings. The second-order valence-electron chi connectivity index (χ2n) is 1.80. The van der Waals surface area contributed by atoms with E-state index in [4.69, 9.17) is 11.6 Å². The average molecular weight is 189 g/mol. The summed E-state index contributed by atoms with van der Waals surface area (Å²) in [7, 11) is 0. The summed E-state index contributed by atoms with van der Waals surface area (Å²) < 4.78 is 0.523. The first-order valence-electron chi connectivity index (χ1n) is 2.97. The van der Waals surface area contributed by atoms with Crippen LogP contribution in [0.5, 0.6) is 0 Å². The molecule has 1 aromatic heterocycles. The molecule has 0 amide bonds. The number of hydrogen-bond acceptors (Lipinski definition) is 4. The maximum Gasteiger partial charge on any atom is 0.234 e. The second-order valence-corrected chi connectivity index (χ2v) is 3.50. The van der Waals surface area contributed by atoms with Gasteiger partial charge < -0.3 is 0 Å². The smallest absolute Gasteiger partial charge is 0.233 e. The minimum Gasteiger partial charge on any atom is -0.233 e. The SMILES string of the molecule is O=C=NCCc1cnc(Cl)s1. The van der Waals surface area contributed by atoms with E-state index in [1.54, 1.807) is 6.20 Å². The van der Waals surface area contributed by atoms with Gasteiger partial charge in [0.05, 0.1) is 6.54 Å². The molecule has 0 fully saturated rings. The molecule has 0 bridgehead atoms. The molecule has 5 heteroatoms. The Morgan fingerprint density at radius 1 is 1.82 bits per heavy atom. The number of isocyanates is 1. The molecule has 0 unspecified atom stereocenters. The van der Waals surface area contributed by atoms with Crippen LogP contribution in [0.2, 0.25) is 4.47 Å². The Morgan fingerprint density at radius 2 is 2.64 bits per heavy atom. The fraction of sp³-hybridized carbons (Fsp3) is 0.333. The maximum absolute atomic E-state index is 9.67. The van der Waals surface area contributed by atoms with Crippen LogP contribution in [0.4, 0.5) is 0 Å². The average Bonchev–Trinajstić information content (AvgIpc) is 2.37. The molecule has 0 saturated heterocycles. The molecule has 0 saturated carbocycles. The molecule has 0 aliphatic carbocycles. The number of aromatic nitrogens is 1. The molecule has 11 heavy (non-hydrogen) atoms. The molecular weight excluding hydrogens is 184 g/mol. The van der Waals surface area contributed by atoms with E-state index < -0.39 is 0 Å². The highest BCUT2D eigenvalue weighted by atomic mass is 35.5. The minimum atomic E-state index is 0.460. The van der Waals surface area contributed by atoms with Crippen molar-refractivity contribution in [3.63, 3.8) is 0 Å². The summed E-state index contributed by atoms with van der Waals surface area (Å²) in [5.74, 6) is 0. The molecule has 3 nitrogen and oxygen atoms in total. The van der Waals surface area contributed by atoms with Crippen LogP contribution in [0.3, 0.4) is 0 Å². The predicted octanol–water partition coefficient (Wildman–Crippen LogP) is 1.67. The van der Waals surface area contributed by atoms with Crippen molar-refractivity contribution >= 4 is 29.0 Å². The van der Waals surface area contributed by atoms with Gasteiger partial charge in [0.2, 0.25) is 6.08 Å². The summed E-state index contributed by atoms with van der Waals surface area (Å²) in [5.41, 5.74) is 0. The largest absolute Gasteiger partial charge is 0.234 e. The molecule has 0 radical (unpaired) electrons. The van der Waals surface area contributed by atoms with Gasteiger partial charge in [-0.3, -0.25) is 0 Å². The number of halogens is 1. The molecule has 1 heterocycles. The third-order valence-corrected chi connectivity index (χ3v) is 2.23. The van der Waals surface area contributed by atoms with E-state index in [2.05, 4.69) is 9.98 Å². The van der Waals surface area contributed by atoms with Crippen LogP contribution in [0.1, 0.15) is 4.88 Å². The Morgan fingerprint density at radius 3 is 3.18 bits per heavy atom. The van der Waals surface area contributed by atoms with Crippen LogP contribution < -0.4 is 0 Å². The lowest BCUT2D eigenvalue weighted by atomic mass is 10.4. The summed E-state index contributed by atoms with van der Waals surface area (Å²) in [6.45, 7) is 0.460. The summed E-state index contributed by atoms with van der Waals surface area (Å²) in [6, 6.07) is 0. The van der Waals surface area contributed by atoms with E-state index >= 15 is 0 Å². The zero-order chi connectivity index (χ0) is 8.10. The van der Waals surface area contributed by atoms with Crippen LogP contribution in [0, 0.1) is 0 Å². The van der Waals surface area contributed by atoms with Gasteiger partial charge >= 0.3 is 0 Å². The van der Waals surface area contributed by atoms with E-state index in [-0.39, 0.29) is 0 Å². The van der Waals surface area contributed by atoms with Crippen LogP contribution >= 0.6 is 22.9 Å². The lowest BCUT2D eigenvalue weighted by Gasteiger charge is -1.85. The highest BCUT2D eigenvalue weighted by Gasteiger charge is 1.97. The zero-order valence-corrected chi connectivity index (χ0v) is 7.15. The van der Waals surface area contributed by atoms with Gasteiger partial charge in [0, 0.05) is 17.5 Å². The van der Waals surface area contributed by atoms with E-state index in [0.717, 1.165) is 4.88 Å². The van der Waals surface area contributed by atoms with E-state index in [9.17, 15) is 4.79 Å². The number of carbonyl (C=O) groups excluding carboxylic acids is 1. The van der Waals surface area contributed by atoms with Gasteiger partial charge in [0.25, 0.3) is 0 Å². The molecule has 1 rings (SSSR count). The number of nitrogens with zero attached hydrogens (tertiary/aromatic N) is 2. The van der Waals surface area contributed by atoms with Crippen molar-refractivity contribution in [3.05, 3.63) is 15.5 Å². The first-order chi connectivity index (χ1) is 5.33. The molecule has 58 valence electrons. The summed E-state index contributed by atoms with van der Waals surface area (Å²) in [4.78, 5) is 18.0. The molecule has 0 aliphatic rings. The van der Waals surface area contributed by atoms with Crippen LogP contribution in [-0.2, 0) is 11.2 Å². The molecule has 0 N–H and O–H groups in total. The summed E-state index contributed by atoms with van der Waals surface area (Å²) in [6.07, 6.45) is 3.87. The number of aliphatic imine (C=N–C) groups is 1. The first-order valence-corrected chi connectivity index (χ1v) is 4.16. The van der Waals surface area contributed by atoms with Gasteiger partial charge in [-0.15, -0.1) is 11.3 Å². The highest BCUT2D eigenvalue weighted by molar-refractivity contribution is 7.15.